The first-order valence-electron chi connectivity index (χ1n) is 8.28. The summed E-state index contributed by atoms with van der Waals surface area (Å²) < 4.78 is 5.36. The van der Waals surface area contributed by atoms with Crippen LogP contribution >= 0.6 is 0 Å². The number of hydrogen-bond donors (Lipinski definition) is 2. The number of carbonyl (C=O) groups is 3. The summed E-state index contributed by atoms with van der Waals surface area (Å²) in [7, 11) is 0. The molecule has 7 heteroatoms. The van der Waals surface area contributed by atoms with E-state index >= 15 is 0 Å². The summed E-state index contributed by atoms with van der Waals surface area (Å²) in [5, 5.41) is 11.7. The maximum atomic E-state index is 12.5. The lowest BCUT2D eigenvalue weighted by Crippen LogP contribution is -2.45. The second kappa shape index (κ2) is 7.55. The van der Waals surface area contributed by atoms with Crippen LogP contribution in [0.1, 0.15) is 44.0 Å². The minimum Gasteiger partial charge on any atom is -0.478 e. The summed E-state index contributed by atoms with van der Waals surface area (Å²) >= 11 is 0. The number of piperidine rings is 1. The molecule has 7 nitrogen and oxygen atoms in total. The average Bonchev–Trinajstić information content (AvgIpc) is 2.53. The van der Waals surface area contributed by atoms with Gasteiger partial charge in [-0.25, -0.2) is 9.59 Å². The number of amides is 2. The topological polar surface area (TPSA) is 95.9 Å². The average molecular weight is 348 g/mol. The van der Waals surface area contributed by atoms with Gasteiger partial charge in [-0.2, -0.15) is 0 Å². The second-order valence-electron chi connectivity index (χ2n) is 7.14. The molecular formula is C18H24N2O5. The van der Waals surface area contributed by atoms with Crippen molar-refractivity contribution < 1.29 is 24.2 Å². The van der Waals surface area contributed by atoms with E-state index in [4.69, 9.17) is 9.84 Å². The Hall–Kier alpha value is -2.57. The molecule has 0 aliphatic carbocycles. The Morgan fingerprint density at radius 2 is 2.00 bits per heavy atom. The van der Waals surface area contributed by atoms with Gasteiger partial charge >= 0.3 is 12.1 Å². The first kappa shape index (κ1) is 18.8. The smallest absolute Gasteiger partial charge is 0.410 e. The van der Waals surface area contributed by atoms with Crippen LogP contribution in [-0.2, 0) is 9.53 Å². The highest BCUT2D eigenvalue weighted by atomic mass is 16.6. The van der Waals surface area contributed by atoms with Crippen molar-refractivity contribution in [3.05, 3.63) is 29.8 Å². The summed E-state index contributed by atoms with van der Waals surface area (Å²) in [6.45, 7) is 6.25. The number of rotatable bonds is 3. The van der Waals surface area contributed by atoms with E-state index in [1.165, 1.54) is 12.1 Å². The molecule has 1 heterocycles. The van der Waals surface area contributed by atoms with Crippen molar-refractivity contribution in [2.45, 2.75) is 39.2 Å². The van der Waals surface area contributed by atoms with Crippen LogP contribution in [0, 0.1) is 5.92 Å². The molecule has 1 aromatic rings. The standard InChI is InChI=1S/C18H24N2O5/c1-18(2,3)25-17(24)20-9-5-7-13(11-20)15(21)19-14-8-4-6-12(10-14)16(22)23/h4,6,8,10,13H,5,7,9,11H2,1-3H3,(H,19,21)(H,22,23). The second-order valence-corrected chi connectivity index (χ2v) is 7.14. The zero-order valence-corrected chi connectivity index (χ0v) is 14.7. The quantitative estimate of drug-likeness (QED) is 0.875. The van der Waals surface area contributed by atoms with Crippen molar-refractivity contribution in [2.24, 2.45) is 5.92 Å². The lowest BCUT2D eigenvalue weighted by molar-refractivity contribution is -0.121. The van der Waals surface area contributed by atoms with Crippen molar-refractivity contribution >= 4 is 23.7 Å². The van der Waals surface area contributed by atoms with Gasteiger partial charge in [0.1, 0.15) is 5.60 Å². The number of hydrogen-bond acceptors (Lipinski definition) is 4. The predicted molar refractivity (Wildman–Crippen MR) is 92.6 cm³/mol. The van der Waals surface area contributed by atoms with Gasteiger partial charge in [-0.3, -0.25) is 4.79 Å². The number of benzene rings is 1. The third-order valence-corrected chi connectivity index (χ3v) is 3.82. The van der Waals surface area contributed by atoms with Crippen LogP contribution < -0.4 is 5.32 Å². The van der Waals surface area contributed by atoms with Gasteiger partial charge in [-0.1, -0.05) is 6.07 Å². The van der Waals surface area contributed by atoms with Crippen molar-refractivity contribution in [3.63, 3.8) is 0 Å². The molecule has 1 saturated heterocycles. The van der Waals surface area contributed by atoms with E-state index < -0.39 is 17.7 Å². The lowest BCUT2D eigenvalue weighted by Gasteiger charge is -2.33. The fraction of sp³-hybridized carbons (Fsp3) is 0.500. The number of likely N-dealkylation sites (tertiary alicyclic amines) is 1. The molecule has 1 unspecified atom stereocenters. The van der Waals surface area contributed by atoms with Crippen LogP contribution in [0.15, 0.2) is 24.3 Å². The molecule has 2 rings (SSSR count). The van der Waals surface area contributed by atoms with Crippen LogP contribution in [0.4, 0.5) is 10.5 Å². The minimum absolute atomic E-state index is 0.108. The first-order valence-corrected chi connectivity index (χ1v) is 8.28. The molecule has 136 valence electrons. The Kier molecular flexibility index (Phi) is 5.66. The van der Waals surface area contributed by atoms with E-state index in [0.717, 1.165) is 0 Å². The Bertz CT molecular complexity index is 666. The molecule has 25 heavy (non-hydrogen) atoms. The summed E-state index contributed by atoms with van der Waals surface area (Å²) in [6.07, 6.45) is 0.967. The highest BCUT2D eigenvalue weighted by molar-refractivity contribution is 5.95. The fourth-order valence-corrected chi connectivity index (χ4v) is 2.66. The Morgan fingerprint density at radius 3 is 2.64 bits per heavy atom. The number of ether oxygens (including phenoxy) is 1. The zero-order valence-electron chi connectivity index (χ0n) is 14.7. The summed E-state index contributed by atoms with van der Waals surface area (Å²) in [5.41, 5.74) is -0.0417. The highest BCUT2D eigenvalue weighted by Gasteiger charge is 2.31. The number of nitrogens with one attached hydrogen (secondary N) is 1. The van der Waals surface area contributed by atoms with Crippen molar-refractivity contribution in [3.8, 4) is 0 Å². The Labute approximate surface area is 147 Å². The molecule has 2 N–H and O–H groups in total. The number of aromatic carboxylic acids is 1. The molecular weight excluding hydrogens is 324 g/mol. The van der Waals surface area contributed by atoms with E-state index in [1.54, 1.807) is 37.8 Å². The maximum Gasteiger partial charge on any atom is 0.410 e. The van der Waals surface area contributed by atoms with Crippen LogP contribution in [-0.4, -0.2) is 46.7 Å². The monoisotopic (exact) mass is 348 g/mol. The van der Waals surface area contributed by atoms with Gasteiger partial charge < -0.3 is 20.1 Å². The van der Waals surface area contributed by atoms with Crippen molar-refractivity contribution in [1.82, 2.24) is 4.90 Å². The van der Waals surface area contributed by atoms with E-state index in [9.17, 15) is 14.4 Å². The Balaban J connectivity index is 1.98. The minimum atomic E-state index is -1.05. The molecule has 0 aromatic heterocycles. The molecule has 0 radical (unpaired) electrons. The number of nitrogens with zero attached hydrogens (tertiary/aromatic N) is 1. The largest absolute Gasteiger partial charge is 0.478 e. The summed E-state index contributed by atoms with van der Waals surface area (Å²) in [6, 6.07) is 6.09. The molecule has 2 amide bonds. The number of carbonyl (C=O) groups excluding carboxylic acids is 2. The molecule has 1 fully saturated rings. The highest BCUT2D eigenvalue weighted by Crippen LogP contribution is 2.21. The summed E-state index contributed by atoms with van der Waals surface area (Å²) in [5.74, 6) is -1.63. The van der Waals surface area contributed by atoms with Crippen molar-refractivity contribution in [2.75, 3.05) is 18.4 Å². The van der Waals surface area contributed by atoms with E-state index in [0.29, 0.717) is 31.6 Å². The molecule has 0 spiro atoms. The SMILES string of the molecule is CC(C)(C)OC(=O)N1CCCC(C(=O)Nc2cccc(C(=O)O)c2)C1. The number of carboxylic acid groups (broad SMARTS) is 1. The number of anilines is 1. The van der Waals surface area contributed by atoms with Gasteiger partial charge in [0.05, 0.1) is 11.5 Å². The zero-order chi connectivity index (χ0) is 18.6. The first-order chi connectivity index (χ1) is 11.7. The van der Waals surface area contributed by atoms with Crippen molar-refractivity contribution in [1.29, 1.82) is 0 Å². The molecule has 1 aliphatic heterocycles. The molecule has 0 bridgehead atoms. The van der Waals surface area contributed by atoms with Gasteiger partial charge in [0.2, 0.25) is 5.91 Å². The normalized spacial score (nSPS) is 17.7. The predicted octanol–water partition coefficient (Wildman–Crippen LogP) is 2.97. The molecule has 1 aliphatic rings. The molecule has 1 atom stereocenters. The van der Waals surface area contributed by atoms with Crippen LogP contribution in [0.25, 0.3) is 0 Å². The Morgan fingerprint density at radius 1 is 1.28 bits per heavy atom. The third-order valence-electron chi connectivity index (χ3n) is 3.82. The molecule has 0 saturated carbocycles. The fourth-order valence-electron chi connectivity index (χ4n) is 2.66. The van der Waals surface area contributed by atoms with Crippen LogP contribution in [0.3, 0.4) is 0 Å². The van der Waals surface area contributed by atoms with Gasteiger partial charge in [-0.05, 0) is 51.8 Å². The van der Waals surface area contributed by atoms with Gasteiger partial charge in [0.15, 0.2) is 0 Å². The molecule has 1 aromatic carbocycles. The number of carboxylic acids is 1. The van der Waals surface area contributed by atoms with Gasteiger partial charge in [0, 0.05) is 18.8 Å². The van der Waals surface area contributed by atoms with E-state index in [1.807, 2.05) is 0 Å². The maximum absolute atomic E-state index is 12.5. The third kappa shape index (κ3) is 5.48. The van der Waals surface area contributed by atoms with Gasteiger partial charge in [0.25, 0.3) is 0 Å². The summed E-state index contributed by atoms with van der Waals surface area (Å²) in [4.78, 5) is 37.2. The van der Waals surface area contributed by atoms with Crippen LogP contribution in [0.5, 0.6) is 0 Å². The van der Waals surface area contributed by atoms with E-state index in [-0.39, 0.29) is 17.4 Å². The lowest BCUT2D eigenvalue weighted by atomic mass is 9.97. The van der Waals surface area contributed by atoms with Crippen LogP contribution in [0.2, 0.25) is 0 Å². The van der Waals surface area contributed by atoms with Gasteiger partial charge in [-0.15, -0.1) is 0 Å². The van der Waals surface area contributed by atoms with E-state index in [2.05, 4.69) is 5.32 Å².